The lowest BCUT2D eigenvalue weighted by atomic mass is 10.5. The van der Waals surface area contributed by atoms with Crippen LogP contribution in [0.2, 0.25) is 0 Å². The van der Waals surface area contributed by atoms with Crippen LogP contribution in [-0.2, 0) is 0 Å². The minimum atomic E-state index is -1.31. The van der Waals surface area contributed by atoms with Crippen LogP contribution in [0.5, 0.6) is 0 Å². The first-order valence-corrected chi connectivity index (χ1v) is 5.50. The number of hydrogen-bond donors (Lipinski definition) is 1. The molecule has 0 aliphatic carbocycles. The van der Waals surface area contributed by atoms with E-state index in [1.54, 1.807) is 0 Å². The highest BCUT2D eigenvalue weighted by Gasteiger charge is 2.22. The van der Waals surface area contributed by atoms with Gasteiger partial charge in [-0.15, -0.1) is 10.3 Å². The van der Waals surface area contributed by atoms with E-state index in [9.17, 15) is 4.55 Å². The molecule has 0 aliphatic heterocycles. The van der Waals surface area contributed by atoms with Gasteiger partial charge in [0.25, 0.3) is 0 Å². The predicted octanol–water partition coefficient (Wildman–Crippen LogP) is 2.71. The fraction of sp³-hybridized carbons (Fsp3) is 1.00. The molecule has 0 amide bonds. The van der Waals surface area contributed by atoms with E-state index in [2.05, 4.69) is 27.7 Å². The maximum Gasteiger partial charge on any atom is 0.00449 e. The minimum absolute atomic E-state index is 0.428. The van der Waals surface area contributed by atoms with Crippen LogP contribution in [0.25, 0.3) is 0 Å². The zero-order valence-corrected chi connectivity index (χ0v) is 7.83. The summed E-state index contributed by atoms with van der Waals surface area (Å²) in [5.41, 5.74) is 0. The van der Waals surface area contributed by atoms with Crippen molar-refractivity contribution in [1.82, 2.24) is 0 Å². The molecule has 0 rings (SSSR count). The molecule has 0 aromatic heterocycles. The van der Waals surface area contributed by atoms with Gasteiger partial charge in [0.1, 0.15) is 0 Å². The Morgan fingerprint density at radius 3 is 1.22 bits per heavy atom. The third-order valence-electron chi connectivity index (χ3n) is 1.91. The van der Waals surface area contributed by atoms with Gasteiger partial charge in [-0.05, 0) is 6.26 Å². The Hall–Kier alpha value is 0.310. The van der Waals surface area contributed by atoms with E-state index in [1.165, 1.54) is 0 Å². The summed E-state index contributed by atoms with van der Waals surface area (Å²) in [4.78, 5) is 0. The molecule has 2 heteroatoms. The molecule has 1 nitrogen and oxygen atoms in total. The van der Waals surface area contributed by atoms with E-state index >= 15 is 0 Å². The van der Waals surface area contributed by atoms with Crippen molar-refractivity contribution in [2.75, 3.05) is 6.26 Å². The van der Waals surface area contributed by atoms with Crippen molar-refractivity contribution < 1.29 is 4.55 Å². The van der Waals surface area contributed by atoms with Crippen LogP contribution in [0, 0.1) is 0 Å². The molecule has 0 radical (unpaired) electrons. The zero-order valence-electron chi connectivity index (χ0n) is 7.01. The molecule has 0 saturated heterocycles. The molecule has 0 aromatic carbocycles. The van der Waals surface area contributed by atoms with Gasteiger partial charge in [0, 0.05) is 10.5 Å². The lowest BCUT2D eigenvalue weighted by Gasteiger charge is -2.37. The van der Waals surface area contributed by atoms with Gasteiger partial charge in [-0.2, -0.15) is 0 Å². The smallest absolute Gasteiger partial charge is 0.00449 e. The maximum absolute atomic E-state index is 9.75. The molecule has 1 N–H and O–H groups in total. The second-order valence-corrected chi connectivity index (χ2v) is 6.99. The minimum Gasteiger partial charge on any atom is -0.351 e. The molecule has 58 valence electrons. The monoisotopic (exact) mass is 150 g/mol. The molecule has 0 aromatic rings. The van der Waals surface area contributed by atoms with E-state index in [4.69, 9.17) is 0 Å². The molecule has 0 aliphatic rings. The summed E-state index contributed by atoms with van der Waals surface area (Å²) in [7, 11) is -1.31. The quantitative estimate of drug-likeness (QED) is 0.641. The molecule has 0 unspecified atom stereocenters. The standard InChI is InChI=1S/C7H18OS/c1-6(2)9(5,8)7(3)4/h6-8H,1-5H3. The Balaban J connectivity index is 4.01. The summed E-state index contributed by atoms with van der Waals surface area (Å²) in [6.45, 7) is 8.31. The second-order valence-electron chi connectivity index (χ2n) is 3.10. The number of hydrogen-bond acceptors (Lipinski definition) is 1. The topological polar surface area (TPSA) is 20.2 Å². The number of rotatable bonds is 2. The van der Waals surface area contributed by atoms with Crippen molar-refractivity contribution in [1.29, 1.82) is 0 Å². The summed E-state index contributed by atoms with van der Waals surface area (Å²) in [6, 6.07) is 0. The van der Waals surface area contributed by atoms with Gasteiger partial charge in [0.05, 0.1) is 0 Å². The molecule has 0 spiro atoms. The third-order valence-corrected chi connectivity index (χ3v) is 5.73. The lowest BCUT2D eigenvalue weighted by Crippen LogP contribution is -2.18. The molecular formula is C7H18OS. The van der Waals surface area contributed by atoms with Gasteiger partial charge in [-0.1, -0.05) is 27.7 Å². The maximum atomic E-state index is 9.75. The molecule has 0 heterocycles. The SMILES string of the molecule is CC(C)S(C)(O)C(C)C. The van der Waals surface area contributed by atoms with Crippen molar-refractivity contribution in [2.45, 2.75) is 38.2 Å². The van der Waals surface area contributed by atoms with Crippen molar-refractivity contribution in [3.05, 3.63) is 0 Å². The fourth-order valence-corrected chi connectivity index (χ4v) is 1.63. The van der Waals surface area contributed by atoms with E-state index < -0.39 is 10.3 Å². The predicted molar refractivity (Wildman–Crippen MR) is 46.4 cm³/mol. The van der Waals surface area contributed by atoms with Crippen LogP contribution in [-0.4, -0.2) is 21.3 Å². The normalized spacial score (nSPS) is 15.1. The van der Waals surface area contributed by atoms with Crippen LogP contribution < -0.4 is 0 Å². The Morgan fingerprint density at radius 1 is 1.00 bits per heavy atom. The fourth-order valence-electron chi connectivity index (χ4n) is 0.544. The average Bonchev–Trinajstić information content (AvgIpc) is 1.65. The Labute approximate surface area is 60.0 Å². The highest BCUT2D eigenvalue weighted by atomic mass is 32.3. The van der Waals surface area contributed by atoms with Crippen LogP contribution >= 0.6 is 10.3 Å². The molecule has 9 heavy (non-hydrogen) atoms. The van der Waals surface area contributed by atoms with Crippen LogP contribution in [0.1, 0.15) is 27.7 Å². The van der Waals surface area contributed by atoms with Gasteiger partial charge in [0.15, 0.2) is 0 Å². The van der Waals surface area contributed by atoms with Crippen molar-refractivity contribution in [2.24, 2.45) is 0 Å². The van der Waals surface area contributed by atoms with Gasteiger partial charge < -0.3 is 4.55 Å². The van der Waals surface area contributed by atoms with E-state index in [1.807, 2.05) is 6.26 Å². The average molecular weight is 150 g/mol. The van der Waals surface area contributed by atoms with Gasteiger partial charge >= 0.3 is 0 Å². The Kier molecular flexibility index (Phi) is 3.03. The first kappa shape index (κ1) is 9.31. The Bertz CT molecular complexity index is 76.9. The molecule has 0 fully saturated rings. The molecular weight excluding hydrogens is 132 g/mol. The first-order chi connectivity index (χ1) is 3.89. The van der Waals surface area contributed by atoms with Gasteiger partial charge in [-0.25, -0.2) is 0 Å². The van der Waals surface area contributed by atoms with Crippen LogP contribution in [0.4, 0.5) is 0 Å². The molecule has 0 saturated carbocycles. The molecule has 0 atom stereocenters. The third kappa shape index (κ3) is 2.18. The summed E-state index contributed by atoms with van der Waals surface area (Å²) >= 11 is 0. The highest BCUT2D eigenvalue weighted by Crippen LogP contribution is 2.48. The Morgan fingerprint density at radius 2 is 1.22 bits per heavy atom. The largest absolute Gasteiger partial charge is 0.351 e. The van der Waals surface area contributed by atoms with Crippen molar-refractivity contribution >= 4 is 10.3 Å². The van der Waals surface area contributed by atoms with Crippen LogP contribution in [0.15, 0.2) is 0 Å². The van der Waals surface area contributed by atoms with Crippen molar-refractivity contribution in [3.8, 4) is 0 Å². The summed E-state index contributed by atoms with van der Waals surface area (Å²) in [6.07, 6.45) is 1.97. The van der Waals surface area contributed by atoms with E-state index in [0.717, 1.165) is 0 Å². The lowest BCUT2D eigenvalue weighted by molar-refractivity contribution is 0.609. The van der Waals surface area contributed by atoms with Gasteiger partial charge in [0.2, 0.25) is 0 Å². The molecule has 0 bridgehead atoms. The zero-order chi connectivity index (χ0) is 7.65. The van der Waals surface area contributed by atoms with Crippen molar-refractivity contribution in [3.63, 3.8) is 0 Å². The summed E-state index contributed by atoms with van der Waals surface area (Å²) in [5, 5.41) is 0.856. The summed E-state index contributed by atoms with van der Waals surface area (Å²) in [5.74, 6) is 0. The highest BCUT2D eigenvalue weighted by molar-refractivity contribution is 8.29. The van der Waals surface area contributed by atoms with E-state index in [0.29, 0.717) is 10.5 Å². The first-order valence-electron chi connectivity index (χ1n) is 3.37. The summed E-state index contributed by atoms with van der Waals surface area (Å²) < 4.78 is 9.75. The second kappa shape index (κ2) is 2.93. The van der Waals surface area contributed by atoms with Crippen LogP contribution in [0.3, 0.4) is 0 Å². The van der Waals surface area contributed by atoms with Gasteiger partial charge in [-0.3, -0.25) is 0 Å². The van der Waals surface area contributed by atoms with E-state index in [-0.39, 0.29) is 0 Å².